The van der Waals surface area contributed by atoms with Gasteiger partial charge in [0.25, 0.3) is 0 Å². The summed E-state index contributed by atoms with van der Waals surface area (Å²) in [6.45, 7) is 3.52. The molecule has 2 atom stereocenters. The van der Waals surface area contributed by atoms with Crippen LogP contribution in [0.3, 0.4) is 0 Å². The Labute approximate surface area is 142 Å². The molecular weight excluding hydrogens is 302 g/mol. The molecule has 2 heterocycles. The van der Waals surface area contributed by atoms with Gasteiger partial charge in [0.1, 0.15) is 0 Å². The Bertz CT molecular complexity index is 727. The summed E-state index contributed by atoms with van der Waals surface area (Å²) in [4.78, 5) is 14.8. The maximum atomic E-state index is 12.4. The monoisotopic (exact) mass is 325 g/mol. The average Bonchev–Trinajstić information content (AvgIpc) is 3.25. The molecule has 0 bridgehead atoms. The standard InChI is InChI=1S/C19H23N3O2/c23-19(20-16-8-7-14-5-1-2-6-15(14)11-16)21-17-12-24-13-18(17)22-9-3-4-10-22/h1-2,5-8,11,17-18H,3-4,9-10,12-13H2,(H2,20,21,23)/t17-,18-/m0/s1. The molecule has 0 saturated carbocycles. The van der Waals surface area contributed by atoms with E-state index in [1.165, 1.54) is 18.2 Å². The molecule has 0 aromatic heterocycles. The van der Waals surface area contributed by atoms with Gasteiger partial charge in [-0.05, 0) is 48.8 Å². The molecule has 2 aromatic rings. The van der Waals surface area contributed by atoms with Crippen molar-refractivity contribution in [2.45, 2.75) is 24.9 Å². The highest BCUT2D eigenvalue weighted by atomic mass is 16.5. The van der Waals surface area contributed by atoms with Gasteiger partial charge in [-0.15, -0.1) is 0 Å². The SMILES string of the molecule is O=C(Nc1ccc2ccccc2c1)N[C@H]1COC[C@@H]1N1CCCC1. The molecule has 0 unspecified atom stereocenters. The van der Waals surface area contributed by atoms with Crippen molar-refractivity contribution >= 4 is 22.5 Å². The third-order valence-electron chi connectivity index (χ3n) is 4.98. The Balaban J connectivity index is 1.40. The first-order valence-electron chi connectivity index (χ1n) is 8.68. The van der Waals surface area contributed by atoms with Crippen molar-refractivity contribution in [3.63, 3.8) is 0 Å². The topological polar surface area (TPSA) is 53.6 Å². The lowest BCUT2D eigenvalue weighted by Gasteiger charge is -2.27. The number of anilines is 1. The minimum atomic E-state index is -0.162. The lowest BCUT2D eigenvalue weighted by Crippen LogP contribution is -2.51. The van der Waals surface area contributed by atoms with Crippen molar-refractivity contribution in [3.05, 3.63) is 42.5 Å². The number of likely N-dealkylation sites (tertiary alicyclic amines) is 1. The van der Waals surface area contributed by atoms with E-state index in [2.05, 4.69) is 21.6 Å². The van der Waals surface area contributed by atoms with Crippen LogP contribution in [0.2, 0.25) is 0 Å². The van der Waals surface area contributed by atoms with E-state index in [-0.39, 0.29) is 12.1 Å². The van der Waals surface area contributed by atoms with Gasteiger partial charge in [0.2, 0.25) is 0 Å². The van der Waals surface area contributed by atoms with E-state index in [1.54, 1.807) is 0 Å². The molecule has 5 nitrogen and oxygen atoms in total. The van der Waals surface area contributed by atoms with Crippen LogP contribution in [-0.2, 0) is 4.74 Å². The number of hydrogen-bond donors (Lipinski definition) is 2. The number of rotatable bonds is 3. The van der Waals surface area contributed by atoms with Gasteiger partial charge >= 0.3 is 6.03 Å². The largest absolute Gasteiger partial charge is 0.378 e. The first-order valence-corrected chi connectivity index (χ1v) is 8.68. The molecule has 2 aromatic carbocycles. The Morgan fingerprint density at radius 3 is 2.67 bits per heavy atom. The molecule has 0 spiro atoms. The van der Waals surface area contributed by atoms with Crippen LogP contribution in [-0.4, -0.2) is 49.3 Å². The highest BCUT2D eigenvalue weighted by molar-refractivity contribution is 5.93. The van der Waals surface area contributed by atoms with Gasteiger partial charge in [0, 0.05) is 5.69 Å². The molecular formula is C19H23N3O2. The van der Waals surface area contributed by atoms with E-state index < -0.39 is 0 Å². The predicted octanol–water partition coefficient (Wildman–Crippen LogP) is 2.82. The van der Waals surface area contributed by atoms with Crippen LogP contribution < -0.4 is 10.6 Å². The summed E-state index contributed by atoms with van der Waals surface area (Å²) in [5.74, 6) is 0. The number of nitrogens with zero attached hydrogens (tertiary/aromatic N) is 1. The quantitative estimate of drug-likeness (QED) is 0.912. The van der Waals surface area contributed by atoms with Gasteiger partial charge in [-0.25, -0.2) is 4.79 Å². The fraction of sp³-hybridized carbons (Fsp3) is 0.421. The molecule has 2 saturated heterocycles. The third kappa shape index (κ3) is 3.23. The molecule has 2 fully saturated rings. The molecule has 0 radical (unpaired) electrons. The minimum Gasteiger partial charge on any atom is -0.378 e. The number of benzene rings is 2. The third-order valence-corrected chi connectivity index (χ3v) is 4.98. The molecule has 126 valence electrons. The van der Waals surface area contributed by atoms with Crippen molar-refractivity contribution < 1.29 is 9.53 Å². The molecule has 2 aliphatic rings. The van der Waals surface area contributed by atoms with Crippen LogP contribution >= 0.6 is 0 Å². The van der Waals surface area contributed by atoms with Gasteiger partial charge in [-0.1, -0.05) is 30.3 Å². The first-order chi connectivity index (χ1) is 11.8. The number of fused-ring (bicyclic) bond motifs is 1. The summed E-state index contributed by atoms with van der Waals surface area (Å²) in [7, 11) is 0. The summed E-state index contributed by atoms with van der Waals surface area (Å²) < 4.78 is 5.61. The number of amides is 2. The summed E-state index contributed by atoms with van der Waals surface area (Å²) in [5.41, 5.74) is 0.808. The maximum Gasteiger partial charge on any atom is 0.319 e. The van der Waals surface area contributed by atoms with Crippen molar-refractivity contribution in [3.8, 4) is 0 Å². The zero-order valence-corrected chi connectivity index (χ0v) is 13.7. The molecule has 0 aliphatic carbocycles. The van der Waals surface area contributed by atoms with E-state index in [9.17, 15) is 4.79 Å². The van der Waals surface area contributed by atoms with Crippen molar-refractivity contribution in [1.82, 2.24) is 10.2 Å². The van der Waals surface area contributed by atoms with Gasteiger partial charge in [-0.3, -0.25) is 4.90 Å². The zero-order valence-electron chi connectivity index (χ0n) is 13.7. The maximum absolute atomic E-state index is 12.4. The molecule has 2 amide bonds. The second-order valence-electron chi connectivity index (χ2n) is 6.61. The minimum absolute atomic E-state index is 0.0588. The summed E-state index contributed by atoms with van der Waals surface area (Å²) in [6.07, 6.45) is 2.49. The Morgan fingerprint density at radius 2 is 1.83 bits per heavy atom. The van der Waals surface area contributed by atoms with E-state index >= 15 is 0 Å². The van der Waals surface area contributed by atoms with Crippen molar-refractivity contribution in [2.24, 2.45) is 0 Å². The smallest absolute Gasteiger partial charge is 0.319 e. The van der Waals surface area contributed by atoms with Crippen LogP contribution in [0.1, 0.15) is 12.8 Å². The molecule has 24 heavy (non-hydrogen) atoms. The molecule has 4 rings (SSSR count). The van der Waals surface area contributed by atoms with Gasteiger partial charge in [0.05, 0.1) is 25.3 Å². The first kappa shape index (κ1) is 15.4. The van der Waals surface area contributed by atoms with Crippen molar-refractivity contribution in [2.75, 3.05) is 31.6 Å². The average molecular weight is 325 g/mol. The fourth-order valence-corrected chi connectivity index (χ4v) is 3.72. The second-order valence-corrected chi connectivity index (χ2v) is 6.61. The Kier molecular flexibility index (Phi) is 4.36. The number of carbonyl (C=O) groups excluding carboxylic acids is 1. The van der Waals surface area contributed by atoms with Crippen LogP contribution in [0, 0.1) is 0 Å². The summed E-state index contributed by atoms with van der Waals surface area (Å²) in [6, 6.07) is 14.3. The van der Waals surface area contributed by atoms with Crippen molar-refractivity contribution in [1.29, 1.82) is 0 Å². The van der Waals surface area contributed by atoms with Crippen LogP contribution in [0.5, 0.6) is 0 Å². The fourth-order valence-electron chi connectivity index (χ4n) is 3.72. The number of carbonyl (C=O) groups is 1. The van der Waals surface area contributed by atoms with Crippen LogP contribution in [0.25, 0.3) is 10.8 Å². The van der Waals surface area contributed by atoms with E-state index in [0.29, 0.717) is 19.3 Å². The summed E-state index contributed by atoms with van der Waals surface area (Å²) >= 11 is 0. The van der Waals surface area contributed by atoms with E-state index in [4.69, 9.17) is 4.74 Å². The van der Waals surface area contributed by atoms with Gasteiger partial charge in [0.15, 0.2) is 0 Å². The highest BCUT2D eigenvalue weighted by Crippen LogP contribution is 2.20. The van der Waals surface area contributed by atoms with Gasteiger partial charge in [-0.2, -0.15) is 0 Å². The molecule has 2 N–H and O–H groups in total. The second kappa shape index (κ2) is 6.79. The summed E-state index contributed by atoms with van der Waals surface area (Å²) in [5, 5.41) is 8.32. The van der Waals surface area contributed by atoms with Crippen LogP contribution in [0.4, 0.5) is 10.5 Å². The molecule has 2 aliphatic heterocycles. The number of urea groups is 1. The normalized spacial score (nSPS) is 24.3. The lowest BCUT2D eigenvalue weighted by atomic mass is 10.1. The number of ether oxygens (including phenoxy) is 1. The van der Waals surface area contributed by atoms with Gasteiger partial charge < -0.3 is 15.4 Å². The van der Waals surface area contributed by atoms with E-state index in [0.717, 1.165) is 24.2 Å². The number of nitrogens with one attached hydrogen (secondary N) is 2. The molecule has 5 heteroatoms. The zero-order chi connectivity index (χ0) is 16.4. The van der Waals surface area contributed by atoms with E-state index in [1.807, 2.05) is 36.4 Å². The Morgan fingerprint density at radius 1 is 1.04 bits per heavy atom. The highest BCUT2D eigenvalue weighted by Gasteiger charge is 2.35. The Hall–Kier alpha value is -2.11. The predicted molar refractivity (Wildman–Crippen MR) is 95.3 cm³/mol. The number of hydrogen-bond acceptors (Lipinski definition) is 3. The lowest BCUT2D eigenvalue weighted by molar-refractivity contribution is 0.159. The van der Waals surface area contributed by atoms with Crippen LogP contribution in [0.15, 0.2) is 42.5 Å².